The minimum absolute atomic E-state index is 0.134. The third-order valence-electron chi connectivity index (χ3n) is 3.62. The molecule has 0 radical (unpaired) electrons. The Morgan fingerprint density at radius 1 is 1.22 bits per heavy atom. The first kappa shape index (κ1) is 18.9. The molecule has 0 fully saturated rings. The number of thioether (sulfide) groups is 1. The Labute approximate surface area is 163 Å². The lowest BCUT2D eigenvalue weighted by molar-refractivity contribution is 0.102. The molecule has 0 unspecified atom stereocenters. The third kappa shape index (κ3) is 4.47. The van der Waals surface area contributed by atoms with E-state index in [-0.39, 0.29) is 27.4 Å². The van der Waals surface area contributed by atoms with Crippen molar-refractivity contribution in [1.29, 1.82) is 0 Å². The number of nitrogens with one attached hydrogen (secondary N) is 2. The number of halogens is 2. The fraction of sp³-hybridized carbons (Fsp3) is 0.0556. The molecule has 0 aliphatic carbocycles. The first-order valence-electron chi connectivity index (χ1n) is 7.77. The molecule has 0 saturated heterocycles. The molecule has 1 aromatic heterocycles. The molecule has 0 aliphatic heterocycles. The van der Waals surface area contributed by atoms with Crippen LogP contribution in [0.15, 0.2) is 58.5 Å². The van der Waals surface area contributed by atoms with Crippen molar-refractivity contribution in [2.75, 3.05) is 11.1 Å². The fourth-order valence-corrected chi connectivity index (χ4v) is 3.46. The van der Waals surface area contributed by atoms with Gasteiger partial charge in [-0.3, -0.25) is 14.6 Å². The number of benzene rings is 2. The Balaban J connectivity index is 1.77. The van der Waals surface area contributed by atoms with E-state index < -0.39 is 17.3 Å². The van der Waals surface area contributed by atoms with E-state index in [1.807, 2.05) is 0 Å². The van der Waals surface area contributed by atoms with Gasteiger partial charge < -0.3 is 11.1 Å². The maximum absolute atomic E-state index is 13.8. The maximum Gasteiger partial charge on any atom is 0.277 e. The van der Waals surface area contributed by atoms with Gasteiger partial charge in [-0.15, -0.1) is 0 Å². The van der Waals surface area contributed by atoms with Gasteiger partial charge in [0.2, 0.25) is 0 Å². The van der Waals surface area contributed by atoms with E-state index in [9.17, 15) is 14.0 Å². The zero-order chi connectivity index (χ0) is 19.4. The summed E-state index contributed by atoms with van der Waals surface area (Å²) < 4.78 is 13.8. The average Bonchev–Trinajstić information content (AvgIpc) is 2.65. The molecule has 3 aromatic rings. The highest BCUT2D eigenvalue weighted by Crippen LogP contribution is 2.27. The van der Waals surface area contributed by atoms with Crippen LogP contribution in [0.4, 0.5) is 15.9 Å². The van der Waals surface area contributed by atoms with E-state index in [2.05, 4.69) is 15.3 Å². The van der Waals surface area contributed by atoms with Gasteiger partial charge in [0.1, 0.15) is 11.5 Å². The van der Waals surface area contributed by atoms with Gasteiger partial charge in [0.15, 0.2) is 11.0 Å². The second kappa shape index (κ2) is 8.24. The van der Waals surface area contributed by atoms with E-state index in [4.69, 9.17) is 17.3 Å². The topological polar surface area (TPSA) is 101 Å². The molecule has 0 bridgehead atoms. The number of carbonyl (C=O) groups excluding carboxylic acids is 1. The maximum atomic E-state index is 13.8. The molecule has 27 heavy (non-hydrogen) atoms. The van der Waals surface area contributed by atoms with Crippen molar-refractivity contribution < 1.29 is 9.18 Å². The van der Waals surface area contributed by atoms with Crippen molar-refractivity contribution in [3.05, 3.63) is 80.9 Å². The second-order valence-corrected chi connectivity index (χ2v) is 6.81. The molecule has 1 heterocycles. The van der Waals surface area contributed by atoms with Crippen LogP contribution in [-0.4, -0.2) is 15.9 Å². The van der Waals surface area contributed by atoms with Crippen LogP contribution >= 0.6 is 23.4 Å². The first-order chi connectivity index (χ1) is 13.0. The van der Waals surface area contributed by atoms with Gasteiger partial charge in [0.05, 0.1) is 0 Å². The molecule has 3 rings (SSSR count). The SMILES string of the molecule is Nc1nc(SCc2c(F)cccc2Cl)[nH]c(=O)c1NC(=O)c1ccccc1. The van der Waals surface area contributed by atoms with E-state index in [0.29, 0.717) is 11.1 Å². The van der Waals surface area contributed by atoms with Gasteiger partial charge in [-0.05, 0) is 24.3 Å². The van der Waals surface area contributed by atoms with Gasteiger partial charge in [-0.25, -0.2) is 9.37 Å². The van der Waals surface area contributed by atoms with Crippen LogP contribution in [0.2, 0.25) is 5.02 Å². The predicted molar refractivity (Wildman–Crippen MR) is 105 cm³/mol. The number of rotatable bonds is 5. The Morgan fingerprint density at radius 3 is 2.63 bits per heavy atom. The number of aromatic amines is 1. The monoisotopic (exact) mass is 404 g/mol. The summed E-state index contributed by atoms with van der Waals surface area (Å²) in [6.07, 6.45) is 0. The Bertz CT molecular complexity index is 1020. The number of hydrogen-bond donors (Lipinski definition) is 3. The molecule has 4 N–H and O–H groups in total. The van der Waals surface area contributed by atoms with E-state index in [0.717, 1.165) is 11.8 Å². The number of H-pyrrole nitrogens is 1. The molecule has 2 aromatic carbocycles. The number of nitrogen functional groups attached to an aromatic ring is 1. The normalized spacial score (nSPS) is 10.6. The Hall–Kier alpha value is -2.84. The standard InChI is InChI=1S/C18H14ClFN4O2S/c19-12-7-4-8-13(20)11(12)9-27-18-23-15(21)14(17(26)24-18)22-16(25)10-5-2-1-3-6-10/h1-8H,9H2,(H,22,25)(H3,21,23,24,26). The molecule has 0 atom stereocenters. The van der Waals surface area contributed by atoms with Crippen molar-refractivity contribution >= 4 is 40.8 Å². The summed E-state index contributed by atoms with van der Waals surface area (Å²) in [7, 11) is 0. The summed E-state index contributed by atoms with van der Waals surface area (Å²) in [6.45, 7) is 0. The van der Waals surface area contributed by atoms with Crippen molar-refractivity contribution in [2.24, 2.45) is 0 Å². The number of amides is 1. The second-order valence-electron chi connectivity index (χ2n) is 5.44. The summed E-state index contributed by atoms with van der Waals surface area (Å²) >= 11 is 7.05. The summed E-state index contributed by atoms with van der Waals surface area (Å²) in [5.41, 5.74) is 5.75. The van der Waals surface area contributed by atoms with E-state index in [1.165, 1.54) is 12.1 Å². The molecule has 0 aliphatic rings. The molecule has 1 amide bonds. The smallest absolute Gasteiger partial charge is 0.277 e. The Morgan fingerprint density at radius 2 is 1.96 bits per heavy atom. The molecular weight excluding hydrogens is 391 g/mol. The number of carbonyl (C=O) groups is 1. The van der Waals surface area contributed by atoms with Crippen LogP contribution in [0.3, 0.4) is 0 Å². The summed E-state index contributed by atoms with van der Waals surface area (Å²) in [5, 5.41) is 2.92. The fourth-order valence-electron chi connectivity index (χ4n) is 2.24. The number of aromatic nitrogens is 2. The minimum atomic E-state index is -0.603. The lowest BCUT2D eigenvalue weighted by Gasteiger charge is -2.09. The Kier molecular flexibility index (Phi) is 5.78. The van der Waals surface area contributed by atoms with E-state index >= 15 is 0 Å². The van der Waals surface area contributed by atoms with Gasteiger partial charge >= 0.3 is 0 Å². The van der Waals surface area contributed by atoms with Crippen molar-refractivity contribution in [1.82, 2.24) is 9.97 Å². The van der Waals surface area contributed by atoms with Gasteiger partial charge in [-0.1, -0.05) is 47.6 Å². The van der Waals surface area contributed by atoms with E-state index in [1.54, 1.807) is 36.4 Å². The van der Waals surface area contributed by atoms with Crippen LogP contribution in [-0.2, 0) is 5.75 Å². The molecular formula is C18H14ClFN4O2S. The van der Waals surface area contributed by atoms with Gasteiger partial charge in [0, 0.05) is 21.9 Å². The molecule has 0 spiro atoms. The summed E-state index contributed by atoms with van der Waals surface area (Å²) in [4.78, 5) is 31.0. The molecule has 138 valence electrons. The van der Waals surface area contributed by atoms with Crippen LogP contribution in [0.1, 0.15) is 15.9 Å². The summed E-state index contributed by atoms with van der Waals surface area (Å²) in [6, 6.07) is 12.8. The van der Waals surface area contributed by atoms with Gasteiger partial charge in [0.25, 0.3) is 11.5 Å². The van der Waals surface area contributed by atoms with Gasteiger partial charge in [-0.2, -0.15) is 0 Å². The quantitative estimate of drug-likeness (QED) is 0.444. The first-order valence-corrected chi connectivity index (χ1v) is 9.14. The number of hydrogen-bond acceptors (Lipinski definition) is 5. The summed E-state index contributed by atoms with van der Waals surface area (Å²) in [5.74, 6) is -0.903. The van der Waals surface area contributed by atoms with Crippen molar-refractivity contribution in [3.63, 3.8) is 0 Å². The van der Waals surface area contributed by atoms with Crippen molar-refractivity contribution in [2.45, 2.75) is 10.9 Å². The molecule has 6 nitrogen and oxygen atoms in total. The highest BCUT2D eigenvalue weighted by atomic mass is 35.5. The number of anilines is 2. The van der Waals surface area contributed by atoms with Crippen LogP contribution in [0, 0.1) is 5.82 Å². The highest BCUT2D eigenvalue weighted by Gasteiger charge is 2.15. The highest BCUT2D eigenvalue weighted by molar-refractivity contribution is 7.98. The number of nitrogens with two attached hydrogens (primary N) is 1. The van der Waals surface area contributed by atoms with Crippen LogP contribution < -0.4 is 16.6 Å². The largest absolute Gasteiger partial charge is 0.382 e. The molecule has 0 saturated carbocycles. The minimum Gasteiger partial charge on any atom is -0.382 e. The number of nitrogens with zero attached hydrogens (tertiary/aromatic N) is 1. The van der Waals surface area contributed by atoms with Crippen LogP contribution in [0.25, 0.3) is 0 Å². The molecule has 9 heteroatoms. The zero-order valence-electron chi connectivity index (χ0n) is 13.8. The predicted octanol–water partition coefficient (Wildman–Crippen LogP) is 3.69. The third-order valence-corrected chi connectivity index (χ3v) is 4.87. The lowest BCUT2D eigenvalue weighted by Crippen LogP contribution is -2.23. The van der Waals surface area contributed by atoms with Crippen LogP contribution in [0.5, 0.6) is 0 Å². The average molecular weight is 405 g/mol. The lowest BCUT2D eigenvalue weighted by atomic mass is 10.2. The van der Waals surface area contributed by atoms with Crippen molar-refractivity contribution in [3.8, 4) is 0 Å². The zero-order valence-corrected chi connectivity index (χ0v) is 15.4.